The molecule has 1 aromatic rings. The van der Waals surface area contributed by atoms with Gasteiger partial charge in [-0.3, -0.25) is 19.3 Å². The summed E-state index contributed by atoms with van der Waals surface area (Å²) < 4.78 is 0. The van der Waals surface area contributed by atoms with Crippen LogP contribution in [-0.4, -0.2) is 101 Å². The van der Waals surface area contributed by atoms with Gasteiger partial charge in [-0.2, -0.15) is 0 Å². The van der Waals surface area contributed by atoms with Gasteiger partial charge >= 0.3 is 6.03 Å². The standard InChI is InChI=1S/C27H37N7O4/c1-5-6-14-33-22-23(30-26(33)32-13-9-10-18(28)15-32)31(4)27(38)34(25(22)37)16-21(35)19-11-7-8-12-20(19)29-24(36)17(2)3/h5-8,11-12,17-18,22-23H,9-10,13-16,28H2,1-4H3,(H,29,36)/t18-,22?,23?/m0/s1. The van der Waals surface area contributed by atoms with Gasteiger partial charge in [0.25, 0.3) is 5.91 Å². The number of benzene rings is 1. The van der Waals surface area contributed by atoms with Gasteiger partial charge in [0, 0.05) is 44.2 Å². The molecule has 38 heavy (non-hydrogen) atoms. The molecular formula is C27H37N7O4. The molecule has 11 nitrogen and oxygen atoms in total. The SMILES string of the molecule is CC=CCN1C(N2CCC[C@H](N)C2)=NC2C1C(=O)N(CC(=O)c1ccccc1NC(=O)C(C)C)C(=O)N2C. The molecule has 3 aliphatic rings. The number of Topliss-reactive ketones (excluding diaryl/α,β-unsaturated/α-hetero) is 1. The van der Waals surface area contributed by atoms with Crippen LogP contribution in [0.5, 0.6) is 0 Å². The second kappa shape index (κ2) is 11.3. The lowest BCUT2D eigenvalue weighted by atomic mass is 10.0. The zero-order chi connectivity index (χ0) is 27.6. The number of nitrogens with zero attached hydrogens (tertiary/aromatic N) is 5. The predicted molar refractivity (Wildman–Crippen MR) is 144 cm³/mol. The number of nitrogens with one attached hydrogen (secondary N) is 1. The van der Waals surface area contributed by atoms with Crippen molar-refractivity contribution in [2.45, 2.75) is 51.9 Å². The van der Waals surface area contributed by atoms with Crippen molar-refractivity contribution < 1.29 is 19.2 Å². The normalized spacial score (nSPS) is 23.8. The molecule has 3 aliphatic heterocycles. The average Bonchev–Trinajstić information content (AvgIpc) is 3.28. The molecule has 1 aromatic carbocycles. The lowest BCUT2D eigenvalue weighted by molar-refractivity contribution is -0.137. The Morgan fingerprint density at radius 1 is 1.24 bits per heavy atom. The van der Waals surface area contributed by atoms with Crippen LogP contribution in [0.2, 0.25) is 0 Å². The fourth-order valence-electron chi connectivity index (χ4n) is 5.02. The molecule has 11 heteroatoms. The highest BCUT2D eigenvalue weighted by molar-refractivity contribution is 6.11. The highest BCUT2D eigenvalue weighted by Crippen LogP contribution is 2.30. The summed E-state index contributed by atoms with van der Waals surface area (Å²) in [6.07, 6.45) is 4.99. The van der Waals surface area contributed by atoms with Gasteiger partial charge in [0.2, 0.25) is 5.91 Å². The highest BCUT2D eigenvalue weighted by Gasteiger charge is 2.53. The van der Waals surface area contributed by atoms with Crippen LogP contribution in [0.1, 0.15) is 44.0 Å². The van der Waals surface area contributed by atoms with Crippen molar-refractivity contribution in [3.63, 3.8) is 0 Å². The summed E-state index contributed by atoms with van der Waals surface area (Å²) >= 11 is 0. The highest BCUT2D eigenvalue weighted by atomic mass is 16.2. The van der Waals surface area contributed by atoms with Crippen molar-refractivity contribution >= 4 is 35.3 Å². The number of anilines is 1. The summed E-state index contributed by atoms with van der Waals surface area (Å²) in [7, 11) is 1.60. The third-order valence-corrected chi connectivity index (χ3v) is 7.16. The van der Waals surface area contributed by atoms with E-state index in [0.717, 1.165) is 24.3 Å². The number of ketones is 1. The number of hydrogen-bond acceptors (Lipinski definition) is 8. The van der Waals surface area contributed by atoms with E-state index < -0.39 is 36.5 Å². The smallest absolute Gasteiger partial charge is 0.328 e. The van der Waals surface area contributed by atoms with Gasteiger partial charge in [0.1, 0.15) is 0 Å². The zero-order valence-corrected chi connectivity index (χ0v) is 22.5. The summed E-state index contributed by atoms with van der Waals surface area (Å²) in [4.78, 5) is 64.0. The summed E-state index contributed by atoms with van der Waals surface area (Å²) in [6, 6.07) is 5.28. The summed E-state index contributed by atoms with van der Waals surface area (Å²) in [5.74, 6) is -0.774. The minimum absolute atomic E-state index is 0.0121. The van der Waals surface area contributed by atoms with Crippen LogP contribution in [-0.2, 0) is 9.59 Å². The Kier molecular flexibility index (Phi) is 8.15. The molecule has 0 aromatic heterocycles. The number of aliphatic imine (C=N–C) groups is 1. The van der Waals surface area contributed by atoms with Gasteiger partial charge in [-0.05, 0) is 31.9 Å². The van der Waals surface area contributed by atoms with E-state index in [2.05, 4.69) is 10.2 Å². The van der Waals surface area contributed by atoms with Gasteiger partial charge in [0.05, 0.1) is 12.2 Å². The van der Waals surface area contributed by atoms with Crippen LogP contribution in [0.3, 0.4) is 0 Å². The number of piperidine rings is 1. The van der Waals surface area contributed by atoms with Crippen molar-refractivity contribution in [2.75, 3.05) is 38.5 Å². The molecule has 0 bridgehead atoms. The first-order chi connectivity index (χ1) is 18.1. The summed E-state index contributed by atoms with van der Waals surface area (Å²) in [5.41, 5.74) is 6.81. The molecule has 0 radical (unpaired) electrons. The number of allylic oxidation sites excluding steroid dienone is 1. The minimum atomic E-state index is -0.759. The molecule has 0 aliphatic carbocycles. The molecular weight excluding hydrogens is 486 g/mol. The van der Waals surface area contributed by atoms with Crippen molar-refractivity contribution in [1.29, 1.82) is 0 Å². The summed E-state index contributed by atoms with van der Waals surface area (Å²) in [6.45, 7) is 6.80. The molecule has 2 fully saturated rings. The number of carbonyl (C=O) groups is 4. The molecule has 3 atom stereocenters. The van der Waals surface area contributed by atoms with E-state index in [1.165, 1.54) is 4.90 Å². The van der Waals surface area contributed by atoms with Crippen molar-refractivity contribution in [3.05, 3.63) is 42.0 Å². The van der Waals surface area contributed by atoms with Crippen LogP contribution < -0.4 is 11.1 Å². The molecule has 3 heterocycles. The third kappa shape index (κ3) is 5.28. The molecule has 4 amide bonds. The number of amides is 4. The average molecular weight is 524 g/mol. The molecule has 0 spiro atoms. The monoisotopic (exact) mass is 523 g/mol. The maximum Gasteiger partial charge on any atom is 0.328 e. The van der Waals surface area contributed by atoms with Gasteiger partial charge in [-0.1, -0.05) is 38.1 Å². The Morgan fingerprint density at radius 3 is 2.66 bits per heavy atom. The van der Waals surface area contributed by atoms with Crippen LogP contribution in [0, 0.1) is 5.92 Å². The van der Waals surface area contributed by atoms with E-state index in [-0.39, 0.29) is 23.4 Å². The van der Waals surface area contributed by atoms with Crippen LogP contribution in [0.15, 0.2) is 41.4 Å². The topological polar surface area (TPSA) is 132 Å². The number of rotatable bonds is 7. The van der Waals surface area contributed by atoms with Crippen LogP contribution in [0.25, 0.3) is 0 Å². The number of nitrogens with two attached hydrogens (primary N) is 1. The van der Waals surface area contributed by atoms with E-state index in [4.69, 9.17) is 10.7 Å². The van der Waals surface area contributed by atoms with Crippen molar-refractivity contribution in [1.82, 2.24) is 19.6 Å². The number of likely N-dealkylation sites (tertiary alicyclic amines) is 1. The Bertz CT molecular complexity index is 1160. The number of hydrogen-bond donors (Lipinski definition) is 2. The third-order valence-electron chi connectivity index (χ3n) is 7.16. The van der Waals surface area contributed by atoms with Crippen molar-refractivity contribution in [3.8, 4) is 0 Å². The first-order valence-electron chi connectivity index (χ1n) is 13.1. The zero-order valence-electron chi connectivity index (χ0n) is 22.5. The Hall–Kier alpha value is -3.73. The number of imide groups is 1. The first kappa shape index (κ1) is 27.3. The number of likely N-dealkylation sites (N-methyl/N-ethyl adjacent to an activating group) is 1. The fraction of sp³-hybridized carbons (Fsp3) is 0.519. The van der Waals surface area contributed by atoms with E-state index in [1.807, 2.05) is 24.0 Å². The lowest BCUT2D eigenvalue weighted by Gasteiger charge is -2.42. The van der Waals surface area contributed by atoms with Gasteiger partial charge in [-0.15, -0.1) is 0 Å². The number of fused-ring (bicyclic) bond motifs is 1. The Labute approximate surface area is 223 Å². The Morgan fingerprint density at radius 2 is 1.97 bits per heavy atom. The van der Waals surface area contributed by atoms with Gasteiger partial charge in [0.15, 0.2) is 24.0 Å². The maximum absolute atomic E-state index is 13.8. The molecule has 2 saturated heterocycles. The minimum Gasteiger partial charge on any atom is -0.341 e. The Balaban J connectivity index is 1.60. The molecule has 2 unspecified atom stereocenters. The number of para-hydroxylation sites is 1. The molecule has 3 N–H and O–H groups in total. The van der Waals surface area contributed by atoms with Crippen molar-refractivity contribution in [2.24, 2.45) is 16.6 Å². The largest absolute Gasteiger partial charge is 0.341 e. The van der Waals surface area contributed by atoms with Crippen LogP contribution >= 0.6 is 0 Å². The van der Waals surface area contributed by atoms with Gasteiger partial charge < -0.3 is 25.8 Å². The second-order valence-electron chi connectivity index (χ2n) is 10.3. The molecule has 4 rings (SSSR count). The number of carbonyl (C=O) groups excluding carboxylic acids is 4. The first-order valence-corrected chi connectivity index (χ1v) is 13.1. The molecule has 0 saturated carbocycles. The van der Waals surface area contributed by atoms with E-state index >= 15 is 0 Å². The van der Waals surface area contributed by atoms with Gasteiger partial charge in [-0.25, -0.2) is 9.79 Å². The number of guanidine groups is 1. The predicted octanol–water partition coefficient (Wildman–Crippen LogP) is 1.72. The quantitative estimate of drug-likeness (QED) is 0.411. The fourth-order valence-corrected chi connectivity index (χ4v) is 5.02. The van der Waals surface area contributed by atoms with E-state index in [9.17, 15) is 19.2 Å². The molecule has 204 valence electrons. The second-order valence-corrected chi connectivity index (χ2v) is 10.3. The van der Waals surface area contributed by atoms with Crippen LogP contribution in [0.4, 0.5) is 10.5 Å². The van der Waals surface area contributed by atoms with E-state index in [0.29, 0.717) is 24.7 Å². The van der Waals surface area contributed by atoms with E-state index in [1.54, 1.807) is 45.2 Å². The number of urea groups is 1. The maximum atomic E-state index is 13.8. The summed E-state index contributed by atoms with van der Waals surface area (Å²) in [5, 5.41) is 2.76. The lowest BCUT2D eigenvalue weighted by Crippen LogP contribution is -2.66.